The fourth-order valence-corrected chi connectivity index (χ4v) is 3.84. The van der Waals surface area contributed by atoms with Crippen LogP contribution in [0.1, 0.15) is 53.3 Å². The smallest absolute Gasteiger partial charge is 0.172 e. The van der Waals surface area contributed by atoms with Crippen LogP contribution in [0, 0.1) is 12.8 Å². The first-order chi connectivity index (χ1) is 11.7. The van der Waals surface area contributed by atoms with Crippen LogP contribution in [0.4, 0.5) is 0 Å². The van der Waals surface area contributed by atoms with Gasteiger partial charge in [0.15, 0.2) is 6.29 Å². The molecule has 0 bridgehead atoms. The van der Waals surface area contributed by atoms with Gasteiger partial charge in [-0.1, -0.05) is 42.6 Å². The number of carbonyl (C=O) groups is 1. The number of aldehydes is 1. The summed E-state index contributed by atoms with van der Waals surface area (Å²) in [5.41, 5.74) is 2.40. The van der Waals surface area contributed by atoms with E-state index in [4.69, 9.17) is 16.3 Å². The minimum atomic E-state index is 0.375. The molecule has 126 valence electrons. The van der Waals surface area contributed by atoms with Gasteiger partial charge in [-0.15, -0.1) is 0 Å². The van der Waals surface area contributed by atoms with E-state index in [-0.39, 0.29) is 0 Å². The number of aryl methyl sites for hydroxylation is 1. The Morgan fingerprint density at radius 3 is 2.79 bits per heavy atom. The summed E-state index contributed by atoms with van der Waals surface area (Å²) in [5, 5.41) is 0.833. The van der Waals surface area contributed by atoms with Gasteiger partial charge in [0.1, 0.15) is 11.4 Å². The Balaban J connectivity index is 1.75. The van der Waals surface area contributed by atoms with Crippen molar-refractivity contribution in [3.05, 3.63) is 58.4 Å². The lowest BCUT2D eigenvalue weighted by Crippen LogP contribution is -2.24. The Hall–Kier alpha value is -1.87. The molecule has 3 rings (SSSR count). The summed E-state index contributed by atoms with van der Waals surface area (Å²) in [4.78, 5) is 15.4. The largest absolute Gasteiger partial charge is 0.491 e. The molecule has 0 aliphatic heterocycles. The van der Waals surface area contributed by atoms with Crippen molar-refractivity contribution in [1.82, 2.24) is 4.98 Å². The Labute approximate surface area is 148 Å². The van der Waals surface area contributed by atoms with E-state index in [1.54, 1.807) is 0 Å². The van der Waals surface area contributed by atoms with Crippen molar-refractivity contribution >= 4 is 17.9 Å². The van der Waals surface area contributed by atoms with E-state index in [2.05, 4.69) is 11.1 Å². The van der Waals surface area contributed by atoms with E-state index < -0.39 is 0 Å². The van der Waals surface area contributed by atoms with Gasteiger partial charge in [0.05, 0.1) is 6.61 Å². The lowest BCUT2D eigenvalue weighted by molar-refractivity contribution is 0.111. The van der Waals surface area contributed by atoms with Gasteiger partial charge in [0.25, 0.3) is 0 Å². The Morgan fingerprint density at radius 2 is 2.00 bits per heavy atom. The molecular formula is C20H22ClNO2. The minimum absolute atomic E-state index is 0.375. The molecule has 2 aromatic rings. The average Bonchev–Trinajstić information content (AvgIpc) is 2.61. The highest BCUT2D eigenvalue weighted by Crippen LogP contribution is 2.40. The lowest BCUT2D eigenvalue weighted by Gasteiger charge is -2.32. The van der Waals surface area contributed by atoms with Crippen LogP contribution < -0.4 is 4.74 Å². The molecule has 1 heterocycles. The van der Waals surface area contributed by atoms with Crippen LogP contribution >= 0.6 is 11.6 Å². The van der Waals surface area contributed by atoms with Gasteiger partial charge in [0.2, 0.25) is 0 Å². The fourth-order valence-electron chi connectivity index (χ4n) is 3.56. The van der Waals surface area contributed by atoms with Crippen LogP contribution in [-0.2, 0) is 0 Å². The van der Waals surface area contributed by atoms with Crippen molar-refractivity contribution in [2.75, 3.05) is 6.61 Å². The number of ether oxygens (including phenoxy) is 1. The van der Waals surface area contributed by atoms with E-state index in [9.17, 15) is 4.79 Å². The maximum Gasteiger partial charge on any atom is 0.172 e. The highest BCUT2D eigenvalue weighted by atomic mass is 35.5. The average molecular weight is 344 g/mol. The maximum absolute atomic E-state index is 11.2. The number of nitrogens with zero attached hydrogens (tertiary/aromatic N) is 1. The highest BCUT2D eigenvalue weighted by molar-refractivity contribution is 6.31. The van der Waals surface area contributed by atoms with Crippen LogP contribution in [-0.4, -0.2) is 17.9 Å². The van der Waals surface area contributed by atoms with Crippen molar-refractivity contribution < 1.29 is 9.53 Å². The molecule has 24 heavy (non-hydrogen) atoms. The second-order valence-corrected chi connectivity index (χ2v) is 6.84. The maximum atomic E-state index is 11.2. The first-order valence-electron chi connectivity index (χ1n) is 8.49. The van der Waals surface area contributed by atoms with Gasteiger partial charge >= 0.3 is 0 Å². The molecule has 4 heteroatoms. The standard InChI is InChI=1S/C20H22ClNO2/c1-14-10-11-20(19(12-23)22-14)24-13-15-6-2-3-7-16(15)17-8-4-5-9-18(17)21/h4-5,8-12,15-16H,2-3,6-7,13H2,1H3. The zero-order valence-electron chi connectivity index (χ0n) is 13.9. The fraction of sp³-hybridized carbons (Fsp3) is 0.400. The molecule has 1 aliphatic rings. The molecule has 0 N–H and O–H groups in total. The molecule has 1 aromatic carbocycles. The molecule has 1 saturated carbocycles. The van der Waals surface area contributed by atoms with E-state index in [0.717, 1.165) is 29.8 Å². The van der Waals surface area contributed by atoms with Crippen LogP contribution in [0.3, 0.4) is 0 Å². The molecule has 0 amide bonds. The molecule has 0 saturated heterocycles. The second-order valence-electron chi connectivity index (χ2n) is 6.44. The van der Waals surface area contributed by atoms with Crippen LogP contribution in [0.25, 0.3) is 0 Å². The van der Waals surface area contributed by atoms with Crippen molar-refractivity contribution in [3.8, 4) is 5.75 Å². The zero-order valence-corrected chi connectivity index (χ0v) is 14.6. The van der Waals surface area contributed by atoms with Gasteiger partial charge < -0.3 is 4.74 Å². The molecular weight excluding hydrogens is 322 g/mol. The number of hydrogen-bond donors (Lipinski definition) is 0. The van der Waals surface area contributed by atoms with Crippen molar-refractivity contribution in [2.24, 2.45) is 5.92 Å². The third-order valence-corrected chi connectivity index (χ3v) is 5.15. The summed E-state index contributed by atoms with van der Waals surface area (Å²) in [5.74, 6) is 1.38. The number of aromatic nitrogens is 1. The van der Waals surface area contributed by atoms with Crippen molar-refractivity contribution in [3.63, 3.8) is 0 Å². The number of rotatable bonds is 5. The predicted octanol–water partition coefficient (Wildman–Crippen LogP) is 5.21. The molecule has 0 spiro atoms. The van der Waals surface area contributed by atoms with E-state index in [1.165, 1.54) is 18.4 Å². The lowest BCUT2D eigenvalue weighted by atomic mass is 9.76. The Morgan fingerprint density at radius 1 is 1.21 bits per heavy atom. The summed E-state index contributed by atoms with van der Waals surface area (Å²) in [6, 6.07) is 11.8. The number of carbonyl (C=O) groups excluding carboxylic acids is 1. The second kappa shape index (κ2) is 7.80. The minimum Gasteiger partial charge on any atom is -0.491 e. The number of benzene rings is 1. The topological polar surface area (TPSA) is 39.2 Å². The summed E-state index contributed by atoms with van der Waals surface area (Å²) in [7, 11) is 0. The van der Waals surface area contributed by atoms with Crippen LogP contribution in [0.15, 0.2) is 36.4 Å². The van der Waals surface area contributed by atoms with Crippen molar-refractivity contribution in [2.45, 2.75) is 38.5 Å². The molecule has 2 unspecified atom stereocenters. The van der Waals surface area contributed by atoms with E-state index in [1.807, 2.05) is 37.3 Å². The van der Waals surface area contributed by atoms with Gasteiger partial charge in [-0.05, 0) is 55.4 Å². The number of pyridine rings is 1. The molecule has 1 aromatic heterocycles. The van der Waals surface area contributed by atoms with Gasteiger partial charge in [-0.3, -0.25) is 4.79 Å². The quantitative estimate of drug-likeness (QED) is 0.699. The summed E-state index contributed by atoms with van der Waals surface area (Å²) in [6.07, 6.45) is 5.44. The monoisotopic (exact) mass is 343 g/mol. The first kappa shape index (κ1) is 17.0. The van der Waals surface area contributed by atoms with Gasteiger partial charge in [-0.25, -0.2) is 4.98 Å². The summed E-state index contributed by atoms with van der Waals surface area (Å²) in [6.45, 7) is 2.45. The Kier molecular flexibility index (Phi) is 5.52. The third kappa shape index (κ3) is 3.78. The van der Waals surface area contributed by atoms with E-state index >= 15 is 0 Å². The normalized spacial score (nSPS) is 20.6. The van der Waals surface area contributed by atoms with Gasteiger partial charge in [0, 0.05) is 10.7 Å². The SMILES string of the molecule is Cc1ccc(OCC2CCCCC2c2ccccc2Cl)c(C=O)n1. The number of halogens is 1. The van der Waals surface area contributed by atoms with Gasteiger partial charge in [-0.2, -0.15) is 0 Å². The molecule has 2 atom stereocenters. The predicted molar refractivity (Wildman–Crippen MR) is 96.0 cm³/mol. The molecule has 1 aliphatic carbocycles. The highest BCUT2D eigenvalue weighted by Gasteiger charge is 2.28. The van der Waals surface area contributed by atoms with Crippen molar-refractivity contribution in [1.29, 1.82) is 0 Å². The summed E-state index contributed by atoms with van der Waals surface area (Å²) < 4.78 is 5.98. The van der Waals surface area contributed by atoms with Crippen LogP contribution in [0.5, 0.6) is 5.75 Å². The summed E-state index contributed by atoms with van der Waals surface area (Å²) >= 11 is 6.41. The number of hydrogen-bond acceptors (Lipinski definition) is 3. The van der Waals surface area contributed by atoms with Crippen LogP contribution in [0.2, 0.25) is 5.02 Å². The van der Waals surface area contributed by atoms with E-state index in [0.29, 0.717) is 29.9 Å². The third-order valence-electron chi connectivity index (χ3n) is 4.80. The first-order valence-corrected chi connectivity index (χ1v) is 8.87. The zero-order chi connectivity index (χ0) is 16.9. The Bertz CT molecular complexity index is 717. The molecule has 0 radical (unpaired) electrons. The molecule has 3 nitrogen and oxygen atoms in total. The molecule has 1 fully saturated rings.